The van der Waals surface area contributed by atoms with Crippen LogP contribution >= 0.6 is 0 Å². The number of hydrogen-bond acceptors (Lipinski definition) is 6. The maximum Gasteiger partial charge on any atom is 0.316 e. The van der Waals surface area contributed by atoms with Gasteiger partial charge in [-0.05, 0) is 43.0 Å². The van der Waals surface area contributed by atoms with Gasteiger partial charge in [-0.25, -0.2) is 0 Å². The Morgan fingerprint density at radius 1 is 1.14 bits per heavy atom. The molecule has 0 unspecified atom stereocenters. The molecule has 2 aliphatic carbocycles. The fourth-order valence-corrected chi connectivity index (χ4v) is 6.28. The van der Waals surface area contributed by atoms with Crippen molar-refractivity contribution in [3.8, 4) is 11.5 Å². The lowest BCUT2D eigenvalue weighted by molar-refractivity contribution is -0.163. The normalized spacial score (nSPS) is 34.3. The van der Waals surface area contributed by atoms with Crippen LogP contribution in [0.5, 0.6) is 11.5 Å². The number of carbonyl (C=O) groups is 3. The topological polar surface area (TPSA) is 82.1 Å². The number of hydrogen-bond donors (Lipinski definition) is 0. The third-order valence-corrected chi connectivity index (χ3v) is 7.24. The molecule has 3 fully saturated rings. The zero-order valence-corrected chi connectivity index (χ0v) is 16.2. The molecule has 0 aromatic heterocycles. The van der Waals surface area contributed by atoms with Crippen molar-refractivity contribution < 1.29 is 28.6 Å². The van der Waals surface area contributed by atoms with E-state index in [1.165, 1.54) is 0 Å². The minimum absolute atomic E-state index is 0.00396. The number of fused-ring (bicyclic) bond motifs is 2. The molecular formula is C21H23NO6. The van der Waals surface area contributed by atoms with Gasteiger partial charge in [-0.3, -0.25) is 14.4 Å². The number of amides is 1. The van der Waals surface area contributed by atoms with Gasteiger partial charge >= 0.3 is 5.97 Å². The number of ketones is 1. The standard InChI is InChI=1S/C21H23NO6/c1-4-28-19(25)21-16-13(23)5-7-20(21)12-10-15(27-3)14(26-2)9-11(12)6-8-22(20)18(24)17(16)21/h9-10,16-17H,4-8H2,1-3H3/t16-,17-,20-,21-/m0/s1. The number of nitrogens with zero attached hydrogens (tertiary/aromatic N) is 1. The monoisotopic (exact) mass is 385 g/mol. The Hall–Kier alpha value is -2.57. The third kappa shape index (κ3) is 1.65. The molecule has 2 aliphatic heterocycles. The first-order chi connectivity index (χ1) is 13.5. The Morgan fingerprint density at radius 2 is 1.86 bits per heavy atom. The first kappa shape index (κ1) is 17.5. The van der Waals surface area contributed by atoms with Gasteiger partial charge in [0.25, 0.3) is 0 Å². The number of methoxy groups -OCH3 is 2. The van der Waals surface area contributed by atoms with Crippen molar-refractivity contribution in [2.75, 3.05) is 27.4 Å². The summed E-state index contributed by atoms with van der Waals surface area (Å²) in [7, 11) is 3.15. The van der Waals surface area contributed by atoms with Crippen molar-refractivity contribution in [2.45, 2.75) is 31.7 Å². The Bertz CT molecular complexity index is 926. The van der Waals surface area contributed by atoms with Crippen LogP contribution in [0, 0.1) is 17.3 Å². The number of rotatable bonds is 4. The van der Waals surface area contributed by atoms with Gasteiger partial charge in [0.05, 0.1) is 38.2 Å². The highest BCUT2D eigenvalue weighted by Crippen LogP contribution is 2.79. The summed E-state index contributed by atoms with van der Waals surface area (Å²) in [6, 6.07) is 3.83. The van der Waals surface area contributed by atoms with E-state index >= 15 is 0 Å². The molecule has 28 heavy (non-hydrogen) atoms. The van der Waals surface area contributed by atoms with Gasteiger partial charge in [0.1, 0.15) is 11.2 Å². The molecule has 7 nitrogen and oxygen atoms in total. The molecule has 0 bridgehead atoms. The van der Waals surface area contributed by atoms with Gasteiger partial charge in [-0.2, -0.15) is 0 Å². The van der Waals surface area contributed by atoms with Gasteiger partial charge in [0.15, 0.2) is 11.5 Å². The lowest BCUT2D eigenvalue weighted by Gasteiger charge is -2.51. The molecule has 2 saturated carbocycles. The van der Waals surface area contributed by atoms with Crippen LogP contribution in [-0.2, 0) is 31.1 Å². The van der Waals surface area contributed by atoms with Gasteiger partial charge in [0.2, 0.25) is 5.91 Å². The number of benzene rings is 1. The van der Waals surface area contributed by atoms with E-state index in [9.17, 15) is 14.4 Å². The first-order valence-corrected chi connectivity index (χ1v) is 9.75. The summed E-state index contributed by atoms with van der Waals surface area (Å²) in [5, 5.41) is 0. The molecule has 2 heterocycles. The summed E-state index contributed by atoms with van der Waals surface area (Å²) in [4.78, 5) is 41.0. The Kier molecular flexibility index (Phi) is 3.44. The molecule has 5 rings (SSSR count). The zero-order chi connectivity index (χ0) is 19.8. The van der Waals surface area contributed by atoms with E-state index in [4.69, 9.17) is 14.2 Å². The molecule has 7 heteroatoms. The maximum atomic E-state index is 13.2. The summed E-state index contributed by atoms with van der Waals surface area (Å²) < 4.78 is 16.4. The van der Waals surface area contributed by atoms with Crippen molar-refractivity contribution in [1.82, 2.24) is 4.90 Å². The van der Waals surface area contributed by atoms with Crippen molar-refractivity contribution >= 4 is 17.7 Å². The van der Waals surface area contributed by atoms with Gasteiger partial charge in [-0.15, -0.1) is 0 Å². The largest absolute Gasteiger partial charge is 0.493 e. The average Bonchev–Trinajstić information content (AvgIpc) is 3.37. The van der Waals surface area contributed by atoms with Crippen LogP contribution in [0.15, 0.2) is 12.1 Å². The molecule has 1 spiro atoms. The minimum Gasteiger partial charge on any atom is -0.493 e. The minimum atomic E-state index is -1.11. The quantitative estimate of drug-likeness (QED) is 0.730. The van der Waals surface area contributed by atoms with Crippen LogP contribution in [0.4, 0.5) is 0 Å². The predicted molar refractivity (Wildman–Crippen MR) is 96.9 cm³/mol. The molecule has 4 aliphatic rings. The summed E-state index contributed by atoms with van der Waals surface area (Å²) in [6.45, 7) is 2.50. The fourth-order valence-electron chi connectivity index (χ4n) is 6.28. The second kappa shape index (κ2) is 5.49. The molecule has 0 radical (unpaired) electrons. The van der Waals surface area contributed by atoms with Crippen LogP contribution in [0.3, 0.4) is 0 Å². The highest BCUT2D eigenvalue weighted by molar-refractivity contribution is 6.10. The highest BCUT2D eigenvalue weighted by atomic mass is 16.5. The molecule has 148 valence electrons. The lowest BCUT2D eigenvalue weighted by Crippen LogP contribution is -2.59. The number of Topliss-reactive ketones (excluding diaryl/α,β-unsaturated/α-hetero) is 1. The second-order valence-electron chi connectivity index (χ2n) is 7.98. The number of piperidine rings is 1. The third-order valence-electron chi connectivity index (χ3n) is 7.24. The van der Waals surface area contributed by atoms with Crippen LogP contribution in [0.1, 0.15) is 30.9 Å². The Labute approximate surface area is 162 Å². The SMILES string of the molecule is CCOC(=O)[C@]12[C@@H]3C(=O)N4CCc5cc(OC)c(OC)cc5[C@]41CCC(=O)[C@@H]32. The smallest absolute Gasteiger partial charge is 0.316 e. The van der Waals surface area contributed by atoms with Crippen molar-refractivity contribution in [2.24, 2.45) is 17.3 Å². The summed E-state index contributed by atoms with van der Waals surface area (Å²) in [6.07, 6.45) is 1.47. The number of ether oxygens (including phenoxy) is 3. The van der Waals surface area contributed by atoms with Gasteiger partial charge < -0.3 is 19.1 Å². The van der Waals surface area contributed by atoms with Crippen LogP contribution < -0.4 is 9.47 Å². The van der Waals surface area contributed by atoms with Crippen molar-refractivity contribution in [3.63, 3.8) is 0 Å². The Balaban J connectivity index is 1.78. The summed E-state index contributed by atoms with van der Waals surface area (Å²) in [5.41, 5.74) is -0.0157. The molecule has 1 aromatic rings. The average molecular weight is 385 g/mol. The summed E-state index contributed by atoms with van der Waals surface area (Å²) in [5.74, 6) is -0.492. The molecular weight excluding hydrogens is 362 g/mol. The van der Waals surface area contributed by atoms with Gasteiger partial charge in [-0.1, -0.05) is 0 Å². The number of esters is 1. The van der Waals surface area contributed by atoms with E-state index in [1.807, 2.05) is 17.0 Å². The van der Waals surface area contributed by atoms with Crippen molar-refractivity contribution in [1.29, 1.82) is 0 Å². The second-order valence-corrected chi connectivity index (χ2v) is 7.98. The van der Waals surface area contributed by atoms with E-state index in [0.717, 1.165) is 11.1 Å². The van der Waals surface area contributed by atoms with E-state index in [2.05, 4.69) is 0 Å². The van der Waals surface area contributed by atoms with E-state index in [1.54, 1.807) is 21.1 Å². The summed E-state index contributed by atoms with van der Waals surface area (Å²) >= 11 is 0. The molecule has 4 atom stereocenters. The molecule has 1 amide bonds. The van der Waals surface area contributed by atoms with E-state index in [0.29, 0.717) is 37.3 Å². The van der Waals surface area contributed by atoms with Gasteiger partial charge in [0, 0.05) is 13.0 Å². The van der Waals surface area contributed by atoms with Crippen molar-refractivity contribution in [3.05, 3.63) is 23.3 Å². The lowest BCUT2D eigenvalue weighted by atomic mass is 9.64. The maximum absolute atomic E-state index is 13.2. The highest BCUT2D eigenvalue weighted by Gasteiger charge is 2.92. The van der Waals surface area contributed by atoms with Crippen LogP contribution in [0.2, 0.25) is 0 Å². The molecule has 1 aromatic carbocycles. The van der Waals surface area contributed by atoms with Crippen LogP contribution in [0.25, 0.3) is 0 Å². The van der Waals surface area contributed by atoms with Crippen LogP contribution in [-0.4, -0.2) is 49.9 Å². The van der Waals surface area contributed by atoms with E-state index in [-0.39, 0.29) is 18.3 Å². The molecule has 0 N–H and O–H groups in total. The first-order valence-electron chi connectivity index (χ1n) is 9.75. The Morgan fingerprint density at radius 3 is 2.54 bits per heavy atom. The predicted octanol–water partition coefficient (Wildman–Crippen LogP) is 1.46. The number of carbonyl (C=O) groups excluding carboxylic acids is 3. The van der Waals surface area contributed by atoms with E-state index < -0.39 is 28.8 Å². The zero-order valence-electron chi connectivity index (χ0n) is 16.2. The molecule has 1 saturated heterocycles. The fraction of sp³-hybridized carbons (Fsp3) is 0.571.